The van der Waals surface area contributed by atoms with Crippen LogP contribution in [0.3, 0.4) is 0 Å². The molecule has 2 aliphatic rings. The molecule has 220 valence electrons. The van der Waals surface area contributed by atoms with E-state index in [1.165, 1.54) is 5.56 Å². The highest BCUT2D eigenvalue weighted by molar-refractivity contribution is 7.13. The molecule has 0 radical (unpaired) electrons. The fraction of sp³-hybridized carbons (Fsp3) is 0.406. The monoisotopic (exact) mass is 587 g/mol. The van der Waals surface area contributed by atoms with Crippen LogP contribution in [0.1, 0.15) is 55.5 Å². The average molecular weight is 588 g/mol. The van der Waals surface area contributed by atoms with E-state index in [0.29, 0.717) is 22.9 Å². The first-order valence-electron chi connectivity index (χ1n) is 14.5. The van der Waals surface area contributed by atoms with Gasteiger partial charge in [-0.15, -0.1) is 11.3 Å². The largest absolute Gasteiger partial charge is 0.444 e. The zero-order valence-electron chi connectivity index (χ0n) is 24.3. The summed E-state index contributed by atoms with van der Waals surface area (Å²) in [5, 5.41) is 13.6. The van der Waals surface area contributed by atoms with Crippen LogP contribution in [-0.2, 0) is 16.0 Å². The van der Waals surface area contributed by atoms with Crippen molar-refractivity contribution in [3.8, 4) is 10.4 Å². The number of carbonyl (C=O) groups excluding carboxylic acids is 2. The fourth-order valence-electron chi connectivity index (χ4n) is 5.29. The Morgan fingerprint density at radius 3 is 2.57 bits per heavy atom. The van der Waals surface area contributed by atoms with Crippen LogP contribution in [0.15, 0.2) is 54.0 Å². The minimum Gasteiger partial charge on any atom is -0.444 e. The molecule has 3 heterocycles. The Morgan fingerprint density at radius 2 is 1.86 bits per heavy atom. The van der Waals surface area contributed by atoms with Gasteiger partial charge in [-0.05, 0) is 86.4 Å². The lowest BCUT2D eigenvalue weighted by Crippen LogP contribution is -2.38. The van der Waals surface area contributed by atoms with Gasteiger partial charge in [0.15, 0.2) is 0 Å². The average Bonchev–Trinajstić information content (AvgIpc) is 3.49. The number of morpholine rings is 1. The van der Waals surface area contributed by atoms with Crippen LogP contribution in [0.4, 0.5) is 16.2 Å². The Morgan fingerprint density at radius 1 is 1.05 bits per heavy atom. The van der Waals surface area contributed by atoms with Gasteiger partial charge in [-0.2, -0.15) is 5.10 Å². The van der Waals surface area contributed by atoms with Crippen LogP contribution < -0.4 is 10.6 Å². The fourth-order valence-corrected chi connectivity index (χ4v) is 6.02. The van der Waals surface area contributed by atoms with Crippen molar-refractivity contribution >= 4 is 45.6 Å². The maximum Gasteiger partial charge on any atom is 0.412 e. The van der Waals surface area contributed by atoms with Gasteiger partial charge in [0.2, 0.25) is 0 Å². The number of rotatable bonds is 8. The molecule has 2 aromatic heterocycles. The minimum atomic E-state index is -0.647. The number of benzene rings is 2. The Kier molecular flexibility index (Phi) is 8.02. The van der Waals surface area contributed by atoms with Crippen LogP contribution in [0.5, 0.6) is 0 Å². The second kappa shape index (κ2) is 11.9. The number of anilines is 2. The molecule has 0 spiro atoms. The van der Waals surface area contributed by atoms with Crippen LogP contribution in [0.2, 0.25) is 0 Å². The van der Waals surface area contributed by atoms with Crippen molar-refractivity contribution in [2.75, 3.05) is 43.5 Å². The van der Waals surface area contributed by atoms with Gasteiger partial charge in [-0.3, -0.25) is 19.7 Å². The van der Waals surface area contributed by atoms with Crippen LogP contribution in [-0.4, -0.2) is 65.1 Å². The zero-order chi connectivity index (χ0) is 29.3. The lowest BCUT2D eigenvalue weighted by molar-refractivity contribution is 0.0361. The summed E-state index contributed by atoms with van der Waals surface area (Å²) in [6, 6.07) is 13.6. The summed E-state index contributed by atoms with van der Waals surface area (Å²) in [5.74, 6) is 0.195. The van der Waals surface area contributed by atoms with Crippen molar-refractivity contribution in [3.05, 3.63) is 65.2 Å². The molecule has 2 aromatic carbocycles. The van der Waals surface area contributed by atoms with Gasteiger partial charge >= 0.3 is 6.09 Å². The van der Waals surface area contributed by atoms with Crippen molar-refractivity contribution < 1.29 is 19.1 Å². The SMILES string of the molecule is CC(C)(C)OC(=O)Nc1ccc(-c2cccs2)cc1NC(=O)c1cc(C2CC2)c2c(cnn2CCN2CCOCC2)c1. The zero-order valence-corrected chi connectivity index (χ0v) is 25.1. The number of thiophene rings is 1. The highest BCUT2D eigenvalue weighted by atomic mass is 32.1. The third-order valence-electron chi connectivity index (χ3n) is 7.48. The summed E-state index contributed by atoms with van der Waals surface area (Å²) in [5.41, 5.74) is 4.15. The number of nitrogens with one attached hydrogen (secondary N) is 2. The van der Waals surface area contributed by atoms with E-state index < -0.39 is 11.7 Å². The van der Waals surface area contributed by atoms with Gasteiger partial charge in [0.1, 0.15) is 5.60 Å². The summed E-state index contributed by atoms with van der Waals surface area (Å²) in [6.45, 7) is 10.6. The van der Waals surface area contributed by atoms with Gasteiger partial charge in [-0.25, -0.2) is 4.79 Å². The molecule has 0 bridgehead atoms. The van der Waals surface area contributed by atoms with Crippen molar-refractivity contribution in [2.45, 2.75) is 51.7 Å². The number of fused-ring (bicyclic) bond motifs is 1. The lowest BCUT2D eigenvalue weighted by atomic mass is 10.0. The highest BCUT2D eigenvalue weighted by Crippen LogP contribution is 2.44. The Hall–Kier alpha value is -3.73. The molecular weight excluding hydrogens is 550 g/mol. The number of ether oxygens (including phenoxy) is 2. The first-order valence-corrected chi connectivity index (χ1v) is 15.4. The molecule has 0 unspecified atom stereocenters. The molecule has 1 aliphatic carbocycles. The van der Waals surface area contributed by atoms with Crippen molar-refractivity contribution in [3.63, 3.8) is 0 Å². The number of hydrogen-bond acceptors (Lipinski definition) is 7. The van der Waals surface area contributed by atoms with Gasteiger partial charge in [-0.1, -0.05) is 12.1 Å². The Balaban J connectivity index is 1.27. The van der Waals surface area contributed by atoms with Crippen molar-refractivity contribution in [1.29, 1.82) is 0 Å². The van der Waals surface area contributed by atoms with E-state index in [0.717, 1.165) is 73.6 Å². The summed E-state index contributed by atoms with van der Waals surface area (Å²) >= 11 is 1.61. The predicted molar refractivity (Wildman–Crippen MR) is 167 cm³/mol. The van der Waals surface area contributed by atoms with Crippen LogP contribution >= 0.6 is 11.3 Å². The number of nitrogens with zero attached hydrogens (tertiary/aromatic N) is 3. The van der Waals surface area contributed by atoms with Crippen LogP contribution in [0, 0.1) is 0 Å². The van der Waals surface area contributed by atoms with E-state index in [9.17, 15) is 9.59 Å². The van der Waals surface area contributed by atoms with Crippen LogP contribution in [0.25, 0.3) is 21.3 Å². The molecular formula is C32H37N5O4S. The number of aromatic nitrogens is 2. The summed E-state index contributed by atoms with van der Waals surface area (Å²) in [4.78, 5) is 29.8. The van der Waals surface area contributed by atoms with E-state index in [4.69, 9.17) is 14.6 Å². The Labute approximate surface area is 249 Å². The molecule has 0 atom stereocenters. The third kappa shape index (κ3) is 6.67. The first kappa shape index (κ1) is 28.4. The quantitative estimate of drug-likeness (QED) is 0.242. The Bertz CT molecular complexity index is 1580. The van der Waals surface area contributed by atoms with E-state index in [1.807, 2.05) is 68.7 Å². The normalized spacial score (nSPS) is 16.0. The van der Waals surface area contributed by atoms with Gasteiger partial charge in [0.05, 0.1) is 42.8 Å². The van der Waals surface area contributed by atoms with Crippen molar-refractivity contribution in [2.24, 2.45) is 0 Å². The smallest absolute Gasteiger partial charge is 0.412 e. The van der Waals surface area contributed by atoms with Gasteiger partial charge in [0, 0.05) is 35.5 Å². The van der Waals surface area contributed by atoms with E-state index in [-0.39, 0.29) is 5.91 Å². The van der Waals surface area contributed by atoms with Gasteiger partial charge in [0.25, 0.3) is 5.91 Å². The molecule has 42 heavy (non-hydrogen) atoms. The molecule has 1 aliphatic heterocycles. The summed E-state index contributed by atoms with van der Waals surface area (Å²) in [7, 11) is 0. The lowest BCUT2D eigenvalue weighted by Gasteiger charge is -2.26. The number of hydrogen-bond donors (Lipinski definition) is 2. The number of carbonyl (C=O) groups is 2. The standard InChI is InChI=1S/C32H37N5O4S/c1-32(2,3)41-31(39)35-26-9-8-22(28-5-4-16-42-28)19-27(26)34-30(38)23-17-24-20-33-37(11-10-36-12-14-40-15-13-36)29(24)25(18-23)21-6-7-21/h4-5,8-9,16-21H,6-7,10-15H2,1-3H3,(H,34,38)(H,35,39). The molecule has 2 N–H and O–H groups in total. The second-order valence-corrected chi connectivity index (χ2v) is 12.9. The first-order chi connectivity index (χ1) is 20.2. The van der Waals surface area contributed by atoms with E-state index >= 15 is 0 Å². The maximum atomic E-state index is 13.8. The van der Waals surface area contributed by atoms with E-state index in [2.05, 4.69) is 20.2 Å². The summed E-state index contributed by atoms with van der Waals surface area (Å²) < 4.78 is 13.0. The van der Waals surface area contributed by atoms with E-state index in [1.54, 1.807) is 17.4 Å². The molecule has 9 nitrogen and oxygen atoms in total. The molecule has 4 aromatic rings. The highest BCUT2D eigenvalue weighted by Gasteiger charge is 2.29. The maximum absolute atomic E-state index is 13.8. The molecule has 10 heteroatoms. The predicted octanol–water partition coefficient (Wildman–Crippen LogP) is 6.57. The second-order valence-electron chi connectivity index (χ2n) is 11.9. The molecule has 2 fully saturated rings. The number of amides is 2. The topological polar surface area (TPSA) is 97.7 Å². The molecule has 1 saturated heterocycles. The molecule has 1 saturated carbocycles. The molecule has 2 amide bonds. The minimum absolute atomic E-state index is 0.240. The van der Waals surface area contributed by atoms with Crippen molar-refractivity contribution in [1.82, 2.24) is 14.7 Å². The van der Waals surface area contributed by atoms with Gasteiger partial charge < -0.3 is 14.8 Å². The third-order valence-corrected chi connectivity index (χ3v) is 8.40. The molecule has 6 rings (SSSR count). The summed E-state index contributed by atoms with van der Waals surface area (Å²) in [6.07, 6.45) is 3.51.